The van der Waals surface area contributed by atoms with Gasteiger partial charge < -0.3 is 14.2 Å². The second-order valence-corrected chi connectivity index (χ2v) is 7.39. The van der Waals surface area contributed by atoms with Crippen LogP contribution in [-0.2, 0) is 16.1 Å². The number of carbonyl (C=O) groups excluding carboxylic acids is 1. The van der Waals surface area contributed by atoms with E-state index in [1.165, 1.54) is 6.92 Å². The summed E-state index contributed by atoms with van der Waals surface area (Å²) in [6.45, 7) is 1.94. The molecule has 0 aliphatic carbocycles. The molecule has 0 fully saturated rings. The molecule has 3 aromatic carbocycles. The molecule has 4 nitrogen and oxygen atoms in total. The molecule has 172 valence electrons. The Labute approximate surface area is 192 Å². The molecule has 3 rings (SSSR count). The molecular weight excluding hydrogens is 426 g/mol. The summed E-state index contributed by atoms with van der Waals surface area (Å²) < 4.78 is 41.1. The summed E-state index contributed by atoms with van der Waals surface area (Å²) >= 11 is 0. The van der Waals surface area contributed by atoms with Crippen LogP contribution in [0.1, 0.15) is 25.3 Å². The third-order valence-electron chi connectivity index (χ3n) is 4.96. The third kappa shape index (κ3) is 7.75. The molecule has 0 aromatic heterocycles. The summed E-state index contributed by atoms with van der Waals surface area (Å²) in [5.74, 6) is 0.792. The quantitative estimate of drug-likeness (QED) is 0.237. The molecule has 0 atom stereocenters. The average Bonchev–Trinajstić information content (AvgIpc) is 2.85. The monoisotopic (exact) mass is 452 g/mol. The summed E-state index contributed by atoms with van der Waals surface area (Å²) in [7, 11) is 0. The maximum Gasteiger partial charge on any atom is 0.306 e. The van der Waals surface area contributed by atoms with Crippen LogP contribution in [0.4, 0.5) is 8.78 Å². The van der Waals surface area contributed by atoms with E-state index >= 15 is 0 Å². The van der Waals surface area contributed by atoms with Crippen molar-refractivity contribution in [3.63, 3.8) is 0 Å². The Morgan fingerprint density at radius 3 is 2.09 bits per heavy atom. The van der Waals surface area contributed by atoms with E-state index in [1.807, 2.05) is 48.5 Å². The second-order valence-electron chi connectivity index (χ2n) is 7.39. The Morgan fingerprint density at radius 1 is 0.758 bits per heavy atom. The first-order valence-corrected chi connectivity index (χ1v) is 10.7. The van der Waals surface area contributed by atoms with Crippen molar-refractivity contribution in [1.82, 2.24) is 0 Å². The van der Waals surface area contributed by atoms with Gasteiger partial charge in [0.05, 0.1) is 0 Å². The molecule has 33 heavy (non-hydrogen) atoms. The molecule has 0 spiro atoms. The molecule has 0 aliphatic rings. The predicted octanol–water partition coefficient (Wildman–Crippen LogP) is 6.81. The van der Waals surface area contributed by atoms with Crippen molar-refractivity contribution in [3.8, 4) is 22.6 Å². The van der Waals surface area contributed by atoms with Crippen molar-refractivity contribution in [2.24, 2.45) is 0 Å². The van der Waals surface area contributed by atoms with Crippen molar-refractivity contribution in [2.45, 2.75) is 26.4 Å². The van der Waals surface area contributed by atoms with E-state index in [9.17, 15) is 13.6 Å². The number of hydrogen-bond acceptors (Lipinski definition) is 4. The molecule has 0 heterocycles. The molecule has 3 aromatic rings. The molecule has 0 saturated carbocycles. The Hall–Kier alpha value is -3.67. The lowest BCUT2D eigenvalue weighted by Crippen LogP contribution is -2.12. The highest BCUT2D eigenvalue weighted by molar-refractivity contribution is 5.69. The SMILES string of the molecule is CC(CCC(=O)OCCOc1ccc(OCc2ccccc2-c2ccccc2)cc1)=C(F)F. The van der Waals surface area contributed by atoms with E-state index in [2.05, 4.69) is 18.2 Å². The Bertz CT molecular complexity index is 1060. The van der Waals surface area contributed by atoms with E-state index in [4.69, 9.17) is 14.2 Å². The molecule has 0 N–H and O–H groups in total. The number of carbonyl (C=O) groups is 1. The van der Waals surface area contributed by atoms with Gasteiger partial charge in [-0.15, -0.1) is 0 Å². The van der Waals surface area contributed by atoms with Gasteiger partial charge in [-0.1, -0.05) is 54.6 Å². The van der Waals surface area contributed by atoms with E-state index in [1.54, 1.807) is 12.1 Å². The van der Waals surface area contributed by atoms with Crippen LogP contribution in [0, 0.1) is 0 Å². The van der Waals surface area contributed by atoms with Crippen LogP contribution in [0.15, 0.2) is 90.5 Å². The standard InChI is InChI=1S/C27H26F2O4/c1-20(27(28)29)11-16-26(30)32-18-17-31-23-12-14-24(15-13-23)33-19-22-9-5-6-10-25(22)21-7-3-2-4-8-21/h2-10,12-15H,11,16-19H2,1H3. The third-order valence-corrected chi connectivity index (χ3v) is 4.96. The minimum Gasteiger partial charge on any atom is -0.490 e. The van der Waals surface area contributed by atoms with Crippen molar-refractivity contribution in [2.75, 3.05) is 13.2 Å². The molecule has 0 radical (unpaired) electrons. The second kappa shape index (κ2) is 12.4. The van der Waals surface area contributed by atoms with Gasteiger partial charge in [0.1, 0.15) is 31.3 Å². The van der Waals surface area contributed by atoms with Gasteiger partial charge in [-0.05, 0) is 59.9 Å². The van der Waals surface area contributed by atoms with Crippen LogP contribution < -0.4 is 9.47 Å². The molecule has 0 aliphatic heterocycles. The topological polar surface area (TPSA) is 44.8 Å². The molecule has 0 unspecified atom stereocenters. The fraction of sp³-hybridized carbons (Fsp3) is 0.222. The molecule has 0 saturated heterocycles. The average molecular weight is 452 g/mol. The normalized spacial score (nSPS) is 10.4. The minimum absolute atomic E-state index is 0.0146. The fourth-order valence-corrected chi connectivity index (χ4v) is 3.11. The van der Waals surface area contributed by atoms with Crippen molar-refractivity contribution >= 4 is 5.97 Å². The fourth-order valence-electron chi connectivity index (χ4n) is 3.11. The first kappa shape index (κ1) is 24.0. The number of esters is 1. The van der Waals surface area contributed by atoms with Gasteiger partial charge in [0.15, 0.2) is 0 Å². The van der Waals surface area contributed by atoms with Gasteiger partial charge in [-0.25, -0.2) is 0 Å². The smallest absolute Gasteiger partial charge is 0.306 e. The van der Waals surface area contributed by atoms with Gasteiger partial charge in [0.2, 0.25) is 0 Å². The lowest BCUT2D eigenvalue weighted by Gasteiger charge is -2.12. The van der Waals surface area contributed by atoms with Crippen molar-refractivity contribution in [1.29, 1.82) is 0 Å². The Morgan fingerprint density at radius 2 is 1.39 bits per heavy atom. The van der Waals surface area contributed by atoms with Crippen molar-refractivity contribution < 1.29 is 27.8 Å². The van der Waals surface area contributed by atoms with Crippen LogP contribution in [-0.4, -0.2) is 19.2 Å². The molecular formula is C27H26F2O4. The summed E-state index contributed by atoms with van der Waals surface area (Å²) in [6.07, 6.45) is -1.85. The molecule has 6 heteroatoms. The first-order valence-electron chi connectivity index (χ1n) is 10.7. The Balaban J connectivity index is 1.42. The molecule has 0 amide bonds. The maximum atomic E-state index is 12.3. The lowest BCUT2D eigenvalue weighted by molar-refractivity contribution is -0.144. The lowest BCUT2D eigenvalue weighted by atomic mass is 10.0. The van der Waals surface area contributed by atoms with Gasteiger partial charge in [-0.2, -0.15) is 8.78 Å². The van der Waals surface area contributed by atoms with Crippen LogP contribution >= 0.6 is 0 Å². The number of benzene rings is 3. The zero-order valence-electron chi connectivity index (χ0n) is 18.4. The van der Waals surface area contributed by atoms with Gasteiger partial charge >= 0.3 is 5.97 Å². The van der Waals surface area contributed by atoms with Crippen LogP contribution in [0.3, 0.4) is 0 Å². The minimum atomic E-state index is -1.75. The highest BCUT2D eigenvalue weighted by Crippen LogP contribution is 2.25. The molecule has 0 bridgehead atoms. The zero-order chi connectivity index (χ0) is 23.5. The summed E-state index contributed by atoms with van der Waals surface area (Å²) in [5.41, 5.74) is 3.26. The first-order chi connectivity index (χ1) is 16.0. The summed E-state index contributed by atoms with van der Waals surface area (Å²) in [5, 5.41) is 0. The van der Waals surface area contributed by atoms with E-state index in [0.717, 1.165) is 16.7 Å². The zero-order valence-corrected chi connectivity index (χ0v) is 18.4. The van der Waals surface area contributed by atoms with Crippen molar-refractivity contribution in [3.05, 3.63) is 96.1 Å². The van der Waals surface area contributed by atoms with Gasteiger partial charge in [-0.3, -0.25) is 4.79 Å². The largest absolute Gasteiger partial charge is 0.490 e. The summed E-state index contributed by atoms with van der Waals surface area (Å²) in [4.78, 5) is 11.6. The van der Waals surface area contributed by atoms with Crippen LogP contribution in [0.25, 0.3) is 11.1 Å². The van der Waals surface area contributed by atoms with E-state index < -0.39 is 12.0 Å². The van der Waals surface area contributed by atoms with Crippen LogP contribution in [0.5, 0.6) is 11.5 Å². The van der Waals surface area contributed by atoms with E-state index in [-0.39, 0.29) is 31.6 Å². The number of ether oxygens (including phenoxy) is 3. The number of halogens is 2. The van der Waals surface area contributed by atoms with Crippen LogP contribution in [0.2, 0.25) is 0 Å². The highest BCUT2D eigenvalue weighted by atomic mass is 19.3. The number of rotatable bonds is 11. The predicted molar refractivity (Wildman–Crippen MR) is 123 cm³/mol. The highest BCUT2D eigenvalue weighted by Gasteiger charge is 2.08. The number of hydrogen-bond donors (Lipinski definition) is 0. The Kier molecular flexibility index (Phi) is 9.00. The number of allylic oxidation sites excluding steroid dienone is 1. The summed E-state index contributed by atoms with van der Waals surface area (Å²) in [6, 6.07) is 25.5. The van der Waals surface area contributed by atoms with Gasteiger partial charge in [0, 0.05) is 6.42 Å². The maximum absolute atomic E-state index is 12.3. The van der Waals surface area contributed by atoms with E-state index in [0.29, 0.717) is 18.1 Å². The van der Waals surface area contributed by atoms with Gasteiger partial charge in [0.25, 0.3) is 6.08 Å².